The smallest absolute Gasteiger partial charge is 0.239 e. The Labute approximate surface area is 135 Å². The van der Waals surface area contributed by atoms with E-state index in [9.17, 15) is 9.59 Å². The molecule has 122 valence electrons. The Morgan fingerprint density at radius 2 is 1.91 bits per heavy atom. The first-order chi connectivity index (χ1) is 11.1. The molecule has 0 fully saturated rings. The van der Waals surface area contributed by atoms with Crippen molar-refractivity contribution < 1.29 is 9.59 Å². The number of imidazole rings is 1. The number of H-pyrrole nitrogens is 1. The van der Waals surface area contributed by atoms with Crippen molar-refractivity contribution >= 4 is 11.8 Å². The SMILES string of the molecule is CCC(=O)NCC(=O)NC(CC)c1ncc(-c2ccccc2)[nH]1. The van der Waals surface area contributed by atoms with Gasteiger partial charge in [0, 0.05) is 6.42 Å². The Morgan fingerprint density at radius 3 is 2.57 bits per heavy atom. The van der Waals surface area contributed by atoms with Gasteiger partial charge in [0.05, 0.1) is 24.5 Å². The first-order valence-corrected chi connectivity index (χ1v) is 7.80. The number of hydrogen-bond acceptors (Lipinski definition) is 3. The molecule has 0 bridgehead atoms. The Morgan fingerprint density at radius 1 is 1.17 bits per heavy atom. The third-order valence-electron chi connectivity index (χ3n) is 3.52. The predicted molar refractivity (Wildman–Crippen MR) is 88.5 cm³/mol. The lowest BCUT2D eigenvalue weighted by Crippen LogP contribution is -2.38. The summed E-state index contributed by atoms with van der Waals surface area (Å²) in [6.07, 6.45) is 2.83. The zero-order chi connectivity index (χ0) is 16.7. The van der Waals surface area contributed by atoms with E-state index in [0.29, 0.717) is 18.7 Å². The summed E-state index contributed by atoms with van der Waals surface area (Å²) in [5, 5.41) is 5.44. The molecule has 1 aromatic carbocycles. The van der Waals surface area contributed by atoms with Crippen molar-refractivity contribution in [3.63, 3.8) is 0 Å². The second-order valence-corrected chi connectivity index (χ2v) is 5.21. The van der Waals surface area contributed by atoms with Gasteiger partial charge in [0.1, 0.15) is 5.82 Å². The summed E-state index contributed by atoms with van der Waals surface area (Å²) >= 11 is 0. The van der Waals surface area contributed by atoms with Gasteiger partial charge in [0.2, 0.25) is 11.8 Å². The number of carbonyl (C=O) groups excluding carboxylic acids is 2. The molecule has 1 unspecified atom stereocenters. The molecule has 23 heavy (non-hydrogen) atoms. The van der Waals surface area contributed by atoms with Crippen LogP contribution in [0.15, 0.2) is 36.5 Å². The number of aromatic nitrogens is 2. The van der Waals surface area contributed by atoms with Crippen LogP contribution in [0, 0.1) is 0 Å². The van der Waals surface area contributed by atoms with Gasteiger partial charge in [0.15, 0.2) is 0 Å². The van der Waals surface area contributed by atoms with Gasteiger partial charge in [0.25, 0.3) is 0 Å². The van der Waals surface area contributed by atoms with E-state index in [0.717, 1.165) is 11.3 Å². The van der Waals surface area contributed by atoms with Crippen LogP contribution in [0.2, 0.25) is 0 Å². The molecule has 1 aromatic heterocycles. The maximum Gasteiger partial charge on any atom is 0.239 e. The number of amides is 2. The van der Waals surface area contributed by atoms with Crippen molar-refractivity contribution in [3.8, 4) is 11.3 Å². The standard InChI is InChI=1S/C17H22N4O2/c1-3-13(20-16(23)11-18-15(22)4-2)17-19-10-14(21-17)12-8-6-5-7-9-12/h5-10,13H,3-4,11H2,1-2H3,(H,18,22)(H,19,21)(H,20,23). The first-order valence-electron chi connectivity index (χ1n) is 7.80. The van der Waals surface area contributed by atoms with Crippen molar-refractivity contribution in [2.45, 2.75) is 32.7 Å². The maximum absolute atomic E-state index is 11.9. The second kappa shape index (κ2) is 8.12. The third kappa shape index (κ3) is 4.67. The average molecular weight is 314 g/mol. The minimum absolute atomic E-state index is 0.0184. The van der Waals surface area contributed by atoms with Crippen molar-refractivity contribution in [2.24, 2.45) is 0 Å². The Kier molecular flexibility index (Phi) is 5.91. The first kappa shape index (κ1) is 16.7. The van der Waals surface area contributed by atoms with Crippen LogP contribution in [-0.2, 0) is 9.59 Å². The van der Waals surface area contributed by atoms with E-state index in [1.807, 2.05) is 37.3 Å². The monoisotopic (exact) mass is 314 g/mol. The van der Waals surface area contributed by atoms with Crippen LogP contribution >= 0.6 is 0 Å². The fraction of sp³-hybridized carbons (Fsp3) is 0.353. The fourth-order valence-electron chi connectivity index (χ4n) is 2.19. The number of nitrogens with one attached hydrogen (secondary N) is 3. The van der Waals surface area contributed by atoms with E-state index in [-0.39, 0.29) is 24.4 Å². The van der Waals surface area contributed by atoms with Gasteiger partial charge in [-0.2, -0.15) is 0 Å². The molecule has 0 aliphatic carbocycles. The maximum atomic E-state index is 11.9. The fourth-order valence-corrected chi connectivity index (χ4v) is 2.19. The molecule has 1 heterocycles. The van der Waals surface area contributed by atoms with Gasteiger partial charge in [-0.15, -0.1) is 0 Å². The lowest BCUT2D eigenvalue weighted by molar-refractivity contribution is -0.126. The Bertz CT molecular complexity index is 652. The highest BCUT2D eigenvalue weighted by Crippen LogP contribution is 2.20. The van der Waals surface area contributed by atoms with Crippen LogP contribution in [0.4, 0.5) is 0 Å². The van der Waals surface area contributed by atoms with Crippen molar-refractivity contribution in [2.75, 3.05) is 6.54 Å². The van der Waals surface area contributed by atoms with E-state index >= 15 is 0 Å². The summed E-state index contributed by atoms with van der Waals surface area (Å²) < 4.78 is 0. The molecule has 0 aliphatic heterocycles. The zero-order valence-electron chi connectivity index (χ0n) is 13.4. The molecular formula is C17H22N4O2. The number of hydrogen-bond donors (Lipinski definition) is 3. The summed E-state index contributed by atoms with van der Waals surface area (Å²) in [7, 11) is 0. The van der Waals surface area contributed by atoms with E-state index in [4.69, 9.17) is 0 Å². The molecule has 6 nitrogen and oxygen atoms in total. The van der Waals surface area contributed by atoms with Gasteiger partial charge >= 0.3 is 0 Å². The van der Waals surface area contributed by atoms with E-state index in [2.05, 4.69) is 20.6 Å². The summed E-state index contributed by atoms with van der Waals surface area (Å²) in [5.74, 6) is 0.343. The lowest BCUT2D eigenvalue weighted by atomic mass is 10.2. The Hall–Kier alpha value is -2.63. The predicted octanol–water partition coefficient (Wildman–Crippen LogP) is 2.17. The molecule has 3 N–H and O–H groups in total. The summed E-state index contributed by atoms with van der Waals surface area (Å²) in [6, 6.07) is 9.67. The van der Waals surface area contributed by atoms with Crippen LogP contribution in [0.25, 0.3) is 11.3 Å². The van der Waals surface area contributed by atoms with Gasteiger partial charge < -0.3 is 15.6 Å². The van der Waals surface area contributed by atoms with Crippen LogP contribution in [0.1, 0.15) is 38.6 Å². The summed E-state index contributed by atoms with van der Waals surface area (Å²) in [6.45, 7) is 3.70. The van der Waals surface area contributed by atoms with Crippen molar-refractivity contribution in [1.29, 1.82) is 0 Å². The quantitative estimate of drug-likeness (QED) is 0.732. The lowest BCUT2D eigenvalue weighted by Gasteiger charge is -2.15. The molecular weight excluding hydrogens is 292 g/mol. The molecule has 0 spiro atoms. The van der Waals surface area contributed by atoms with Crippen LogP contribution in [0.3, 0.4) is 0 Å². The number of nitrogens with zero attached hydrogens (tertiary/aromatic N) is 1. The molecule has 0 aliphatic rings. The number of benzene rings is 1. The summed E-state index contributed by atoms with van der Waals surface area (Å²) in [5.41, 5.74) is 1.95. The van der Waals surface area contributed by atoms with Crippen LogP contribution in [-0.4, -0.2) is 28.3 Å². The second-order valence-electron chi connectivity index (χ2n) is 5.21. The zero-order valence-corrected chi connectivity index (χ0v) is 13.4. The van der Waals surface area contributed by atoms with Gasteiger partial charge in [-0.3, -0.25) is 9.59 Å². The van der Waals surface area contributed by atoms with Crippen molar-refractivity contribution in [1.82, 2.24) is 20.6 Å². The Balaban J connectivity index is 2.00. The molecule has 0 saturated heterocycles. The normalized spacial score (nSPS) is 11.7. The molecule has 0 saturated carbocycles. The van der Waals surface area contributed by atoms with Crippen LogP contribution in [0.5, 0.6) is 0 Å². The van der Waals surface area contributed by atoms with E-state index in [1.165, 1.54) is 0 Å². The number of rotatable bonds is 7. The minimum atomic E-state index is -0.226. The van der Waals surface area contributed by atoms with Crippen molar-refractivity contribution in [3.05, 3.63) is 42.4 Å². The molecule has 1 atom stereocenters. The van der Waals surface area contributed by atoms with Gasteiger partial charge in [-0.1, -0.05) is 44.2 Å². The average Bonchev–Trinajstić information content (AvgIpc) is 3.08. The highest BCUT2D eigenvalue weighted by molar-refractivity contribution is 5.84. The van der Waals surface area contributed by atoms with Gasteiger partial charge in [-0.25, -0.2) is 4.98 Å². The molecule has 0 radical (unpaired) electrons. The highest BCUT2D eigenvalue weighted by Gasteiger charge is 2.16. The molecule has 2 rings (SSSR count). The molecule has 6 heteroatoms. The largest absolute Gasteiger partial charge is 0.347 e. The van der Waals surface area contributed by atoms with Gasteiger partial charge in [-0.05, 0) is 12.0 Å². The topological polar surface area (TPSA) is 86.9 Å². The third-order valence-corrected chi connectivity index (χ3v) is 3.52. The molecule has 2 aromatic rings. The number of carbonyl (C=O) groups is 2. The van der Waals surface area contributed by atoms with E-state index < -0.39 is 0 Å². The summed E-state index contributed by atoms with van der Waals surface area (Å²) in [4.78, 5) is 30.7. The van der Waals surface area contributed by atoms with E-state index in [1.54, 1.807) is 13.1 Å². The number of aromatic amines is 1. The van der Waals surface area contributed by atoms with Crippen LogP contribution < -0.4 is 10.6 Å². The highest BCUT2D eigenvalue weighted by atomic mass is 16.2. The minimum Gasteiger partial charge on any atom is -0.347 e. The molecule has 2 amide bonds.